The Hall–Kier alpha value is -2.56. The van der Waals surface area contributed by atoms with Gasteiger partial charge in [0.25, 0.3) is 0 Å². The molecule has 0 atom stereocenters. The number of hydrogen-bond donors (Lipinski definition) is 0. The molecule has 1 aromatic carbocycles. The van der Waals surface area contributed by atoms with Crippen LogP contribution in [0.4, 0.5) is 0 Å². The van der Waals surface area contributed by atoms with E-state index < -0.39 is 0 Å². The van der Waals surface area contributed by atoms with Crippen molar-refractivity contribution < 1.29 is 9.53 Å². The summed E-state index contributed by atoms with van der Waals surface area (Å²) in [7, 11) is 3.59. The highest BCUT2D eigenvalue weighted by atomic mass is 16.5. The number of benzene rings is 1. The minimum Gasteiger partial charge on any atom is -0.497 e. The van der Waals surface area contributed by atoms with Crippen molar-refractivity contribution in [3.63, 3.8) is 0 Å². The van der Waals surface area contributed by atoms with Crippen molar-refractivity contribution in [1.82, 2.24) is 14.7 Å². The fourth-order valence-electron chi connectivity index (χ4n) is 3.30. The van der Waals surface area contributed by atoms with E-state index in [1.807, 2.05) is 42.6 Å². The lowest BCUT2D eigenvalue weighted by Gasteiger charge is -2.27. The highest BCUT2D eigenvalue weighted by molar-refractivity contribution is 5.81. The smallest absolute Gasteiger partial charge is 0.227 e. The molecule has 3 rings (SSSR count). The number of aromatic nitrogens is 2. The molecule has 0 spiro atoms. The Morgan fingerprint density at radius 2 is 1.96 bits per heavy atom. The van der Waals surface area contributed by atoms with E-state index in [4.69, 9.17) is 4.74 Å². The van der Waals surface area contributed by atoms with Crippen LogP contribution in [-0.2, 0) is 18.3 Å². The van der Waals surface area contributed by atoms with E-state index in [0.29, 0.717) is 13.0 Å². The highest BCUT2D eigenvalue weighted by Crippen LogP contribution is 2.25. The SMILES string of the molecule is COc1ccc(C2=CCN(C(=O)Cc3c(C)nn(C)c3C)CC2)cc1. The molecule has 1 aromatic heterocycles. The van der Waals surface area contributed by atoms with Crippen molar-refractivity contribution in [3.05, 3.63) is 52.9 Å². The number of amides is 1. The topological polar surface area (TPSA) is 47.4 Å². The molecule has 0 N–H and O–H groups in total. The van der Waals surface area contributed by atoms with Crippen LogP contribution in [0.25, 0.3) is 5.57 Å². The van der Waals surface area contributed by atoms with Crippen LogP contribution >= 0.6 is 0 Å². The third-order valence-corrected chi connectivity index (χ3v) is 5.01. The predicted molar refractivity (Wildman–Crippen MR) is 98.6 cm³/mol. The van der Waals surface area contributed by atoms with Crippen molar-refractivity contribution >= 4 is 11.5 Å². The standard InChI is InChI=1S/C20H25N3O2/c1-14-19(15(2)22(3)21-14)13-20(24)23-11-9-17(10-12-23)16-5-7-18(25-4)8-6-16/h5-9H,10-13H2,1-4H3. The maximum Gasteiger partial charge on any atom is 0.227 e. The second-order valence-electron chi connectivity index (χ2n) is 6.50. The van der Waals surface area contributed by atoms with Gasteiger partial charge in [0.15, 0.2) is 0 Å². The van der Waals surface area contributed by atoms with Gasteiger partial charge in [0.2, 0.25) is 5.91 Å². The molecule has 0 radical (unpaired) electrons. The molecule has 0 bridgehead atoms. The summed E-state index contributed by atoms with van der Waals surface area (Å²) >= 11 is 0. The van der Waals surface area contributed by atoms with Crippen molar-refractivity contribution in [2.45, 2.75) is 26.7 Å². The normalized spacial score (nSPS) is 14.4. The van der Waals surface area contributed by atoms with Crippen molar-refractivity contribution in [3.8, 4) is 5.75 Å². The molecule has 2 aromatic rings. The molecule has 5 nitrogen and oxygen atoms in total. The molecular weight excluding hydrogens is 314 g/mol. The first kappa shape index (κ1) is 17.3. The van der Waals surface area contributed by atoms with Crippen LogP contribution in [0.3, 0.4) is 0 Å². The average molecular weight is 339 g/mol. The fourth-order valence-corrected chi connectivity index (χ4v) is 3.30. The molecule has 0 aliphatic carbocycles. The van der Waals surface area contributed by atoms with Gasteiger partial charge < -0.3 is 9.64 Å². The number of rotatable bonds is 4. The van der Waals surface area contributed by atoms with Gasteiger partial charge >= 0.3 is 0 Å². The lowest BCUT2D eigenvalue weighted by molar-refractivity contribution is -0.130. The minimum absolute atomic E-state index is 0.171. The summed E-state index contributed by atoms with van der Waals surface area (Å²) in [6.07, 6.45) is 3.46. The number of nitrogens with zero attached hydrogens (tertiary/aromatic N) is 3. The summed E-state index contributed by atoms with van der Waals surface area (Å²) in [4.78, 5) is 14.6. The molecule has 132 valence electrons. The van der Waals surface area contributed by atoms with Crippen LogP contribution in [0.2, 0.25) is 0 Å². The average Bonchev–Trinajstić information content (AvgIpc) is 2.88. The zero-order chi connectivity index (χ0) is 18.0. The lowest BCUT2D eigenvalue weighted by atomic mass is 9.99. The number of aryl methyl sites for hydroxylation is 2. The Bertz CT molecular complexity index is 803. The van der Waals surface area contributed by atoms with Crippen LogP contribution in [0.1, 0.15) is 28.9 Å². The van der Waals surface area contributed by atoms with Gasteiger partial charge in [0.05, 0.1) is 19.2 Å². The van der Waals surface area contributed by atoms with Gasteiger partial charge in [-0.3, -0.25) is 9.48 Å². The van der Waals surface area contributed by atoms with E-state index >= 15 is 0 Å². The van der Waals surface area contributed by atoms with Gasteiger partial charge in [-0.05, 0) is 43.5 Å². The van der Waals surface area contributed by atoms with Crippen LogP contribution in [0.15, 0.2) is 30.3 Å². The summed E-state index contributed by atoms with van der Waals surface area (Å²) in [6, 6.07) is 8.10. The number of ether oxygens (including phenoxy) is 1. The zero-order valence-corrected chi connectivity index (χ0v) is 15.4. The maximum absolute atomic E-state index is 12.7. The first-order valence-corrected chi connectivity index (χ1v) is 8.60. The first-order chi connectivity index (χ1) is 12.0. The summed E-state index contributed by atoms with van der Waals surface area (Å²) in [5.74, 6) is 1.03. The Morgan fingerprint density at radius 1 is 1.24 bits per heavy atom. The van der Waals surface area contributed by atoms with E-state index in [1.165, 1.54) is 11.1 Å². The van der Waals surface area contributed by atoms with Gasteiger partial charge in [-0.25, -0.2) is 0 Å². The Balaban J connectivity index is 1.66. The lowest BCUT2D eigenvalue weighted by Crippen LogP contribution is -2.35. The summed E-state index contributed by atoms with van der Waals surface area (Å²) in [6.45, 7) is 5.40. The summed E-state index contributed by atoms with van der Waals surface area (Å²) < 4.78 is 7.05. The number of methoxy groups -OCH3 is 1. The van der Waals surface area contributed by atoms with Gasteiger partial charge in [0.1, 0.15) is 5.75 Å². The molecule has 0 saturated heterocycles. The summed E-state index contributed by atoms with van der Waals surface area (Å²) in [5.41, 5.74) is 5.56. The van der Waals surface area contributed by atoms with Crippen LogP contribution in [-0.4, -0.2) is 40.8 Å². The second-order valence-corrected chi connectivity index (χ2v) is 6.50. The first-order valence-electron chi connectivity index (χ1n) is 8.60. The molecule has 1 aliphatic heterocycles. The van der Waals surface area contributed by atoms with Crippen LogP contribution in [0.5, 0.6) is 5.75 Å². The Morgan fingerprint density at radius 3 is 2.48 bits per heavy atom. The third kappa shape index (κ3) is 3.60. The largest absolute Gasteiger partial charge is 0.497 e. The van der Waals surface area contributed by atoms with E-state index in [0.717, 1.165) is 35.7 Å². The molecule has 0 fully saturated rings. The molecule has 0 saturated carbocycles. The molecule has 25 heavy (non-hydrogen) atoms. The van der Waals surface area contributed by atoms with E-state index in [2.05, 4.69) is 23.3 Å². The van der Waals surface area contributed by atoms with Crippen LogP contribution < -0.4 is 4.74 Å². The number of carbonyl (C=O) groups is 1. The van der Waals surface area contributed by atoms with Gasteiger partial charge in [-0.1, -0.05) is 18.2 Å². The Labute approximate surface area is 148 Å². The number of carbonyl (C=O) groups excluding carboxylic acids is 1. The number of hydrogen-bond acceptors (Lipinski definition) is 3. The van der Waals surface area contributed by atoms with Crippen molar-refractivity contribution in [1.29, 1.82) is 0 Å². The van der Waals surface area contributed by atoms with Gasteiger partial charge in [0, 0.05) is 31.4 Å². The molecule has 0 unspecified atom stereocenters. The molecule has 1 aliphatic rings. The van der Waals surface area contributed by atoms with Crippen molar-refractivity contribution in [2.75, 3.05) is 20.2 Å². The van der Waals surface area contributed by atoms with E-state index in [1.54, 1.807) is 7.11 Å². The quantitative estimate of drug-likeness (QED) is 0.860. The van der Waals surface area contributed by atoms with E-state index in [9.17, 15) is 4.79 Å². The summed E-state index contributed by atoms with van der Waals surface area (Å²) in [5, 5.41) is 4.40. The minimum atomic E-state index is 0.171. The molecule has 5 heteroatoms. The second kappa shape index (κ2) is 7.13. The predicted octanol–water partition coefficient (Wildman–Crippen LogP) is 2.90. The third-order valence-electron chi connectivity index (χ3n) is 5.01. The maximum atomic E-state index is 12.7. The van der Waals surface area contributed by atoms with Gasteiger partial charge in [-0.15, -0.1) is 0 Å². The Kier molecular flexibility index (Phi) is 4.93. The molecule has 1 amide bonds. The zero-order valence-electron chi connectivity index (χ0n) is 15.4. The highest BCUT2D eigenvalue weighted by Gasteiger charge is 2.21. The fraction of sp³-hybridized carbons (Fsp3) is 0.400. The molecule has 2 heterocycles. The van der Waals surface area contributed by atoms with Gasteiger partial charge in [-0.2, -0.15) is 5.10 Å². The van der Waals surface area contributed by atoms with Crippen molar-refractivity contribution in [2.24, 2.45) is 7.05 Å². The monoisotopic (exact) mass is 339 g/mol. The van der Waals surface area contributed by atoms with E-state index in [-0.39, 0.29) is 5.91 Å². The molecular formula is C20H25N3O2. The van der Waals surface area contributed by atoms with Crippen LogP contribution in [0, 0.1) is 13.8 Å².